The molecule has 2 aromatic rings. The van der Waals surface area contributed by atoms with Crippen molar-refractivity contribution in [2.24, 2.45) is 0 Å². The molecule has 0 radical (unpaired) electrons. The molecule has 0 atom stereocenters. The van der Waals surface area contributed by atoms with Gasteiger partial charge < -0.3 is 19.5 Å². The number of piperazine rings is 1. The zero-order valence-electron chi connectivity index (χ0n) is 18.3. The molecule has 0 aliphatic carbocycles. The van der Waals surface area contributed by atoms with Gasteiger partial charge in [-0.1, -0.05) is 23.2 Å². The van der Waals surface area contributed by atoms with Crippen LogP contribution in [0.4, 0.5) is 4.79 Å². The lowest BCUT2D eigenvalue weighted by atomic mass is 9.94. The van der Waals surface area contributed by atoms with Crippen LogP contribution in [-0.4, -0.2) is 83.1 Å². The van der Waals surface area contributed by atoms with Crippen molar-refractivity contribution in [1.29, 1.82) is 0 Å². The SMILES string of the molecule is O=C(OCc1cc(Cl)cc(Cl)c1)N1CCN(CCCN2CCC(c3cnc[nH]3)CC2)CC1. The first-order chi connectivity index (χ1) is 15.6. The lowest BCUT2D eigenvalue weighted by Gasteiger charge is -2.35. The number of nitrogens with one attached hydrogen (secondary N) is 1. The lowest BCUT2D eigenvalue weighted by molar-refractivity contribution is 0.0703. The summed E-state index contributed by atoms with van der Waals surface area (Å²) in [6.07, 6.45) is 7.02. The van der Waals surface area contributed by atoms with E-state index in [0.717, 1.165) is 51.3 Å². The Morgan fingerprint density at radius 3 is 2.28 bits per heavy atom. The summed E-state index contributed by atoms with van der Waals surface area (Å²) >= 11 is 12.0. The predicted octanol–water partition coefficient (Wildman–Crippen LogP) is 4.24. The largest absolute Gasteiger partial charge is 0.445 e. The second-order valence-corrected chi connectivity index (χ2v) is 9.51. The standard InChI is InChI=1S/C23H31Cl2N5O2/c24-20-12-18(13-21(25)14-20)16-32-23(31)30-10-8-29(9-11-30)5-1-4-28-6-2-19(3-7-28)22-15-26-17-27-22/h12-15,17,19H,1-11,16H2,(H,26,27). The van der Waals surface area contributed by atoms with Gasteiger partial charge in [-0.15, -0.1) is 0 Å². The smallest absolute Gasteiger partial charge is 0.410 e. The number of hydrogen-bond donors (Lipinski definition) is 1. The number of carbonyl (C=O) groups is 1. The number of H-pyrrole nitrogens is 1. The van der Waals surface area contributed by atoms with E-state index in [1.807, 2.05) is 6.20 Å². The molecule has 1 N–H and O–H groups in total. The molecular formula is C23H31Cl2N5O2. The van der Waals surface area contributed by atoms with Crippen molar-refractivity contribution in [2.45, 2.75) is 31.8 Å². The Hall–Kier alpha value is -1.80. The van der Waals surface area contributed by atoms with Crippen LogP contribution in [0.2, 0.25) is 10.0 Å². The third kappa shape index (κ3) is 6.61. The summed E-state index contributed by atoms with van der Waals surface area (Å²) in [4.78, 5) is 26.6. The number of aromatic nitrogens is 2. The van der Waals surface area contributed by atoms with Gasteiger partial charge in [-0.2, -0.15) is 0 Å². The van der Waals surface area contributed by atoms with E-state index in [1.165, 1.54) is 18.5 Å². The maximum Gasteiger partial charge on any atom is 0.410 e. The summed E-state index contributed by atoms with van der Waals surface area (Å²) in [5.74, 6) is 0.623. The van der Waals surface area contributed by atoms with Crippen LogP contribution in [0.15, 0.2) is 30.7 Å². The zero-order chi connectivity index (χ0) is 22.3. The number of benzene rings is 1. The summed E-state index contributed by atoms with van der Waals surface area (Å²) in [5, 5.41) is 1.08. The molecule has 7 nitrogen and oxygen atoms in total. The highest BCUT2D eigenvalue weighted by Gasteiger charge is 2.23. The van der Waals surface area contributed by atoms with Crippen LogP contribution in [0.25, 0.3) is 0 Å². The average Bonchev–Trinajstić information content (AvgIpc) is 3.33. The molecule has 0 bridgehead atoms. The maximum atomic E-state index is 12.4. The van der Waals surface area contributed by atoms with Crippen LogP contribution >= 0.6 is 23.2 Å². The number of piperidine rings is 1. The first-order valence-corrected chi connectivity index (χ1v) is 12.1. The Morgan fingerprint density at radius 2 is 1.66 bits per heavy atom. The molecule has 1 aromatic carbocycles. The topological polar surface area (TPSA) is 64.7 Å². The van der Waals surface area contributed by atoms with Gasteiger partial charge >= 0.3 is 6.09 Å². The maximum absolute atomic E-state index is 12.4. The molecule has 1 amide bonds. The summed E-state index contributed by atoms with van der Waals surface area (Å²) in [6, 6.07) is 5.19. The summed E-state index contributed by atoms with van der Waals surface area (Å²) in [7, 11) is 0. The van der Waals surface area contributed by atoms with E-state index in [4.69, 9.17) is 27.9 Å². The molecule has 1 aromatic heterocycles. The number of likely N-dealkylation sites (tertiary alicyclic amines) is 1. The Labute approximate surface area is 199 Å². The van der Waals surface area contributed by atoms with Crippen molar-refractivity contribution in [3.05, 3.63) is 52.0 Å². The molecule has 2 saturated heterocycles. The van der Waals surface area contributed by atoms with Crippen LogP contribution in [-0.2, 0) is 11.3 Å². The van der Waals surface area contributed by atoms with E-state index in [1.54, 1.807) is 29.4 Å². The minimum absolute atomic E-state index is 0.177. The highest BCUT2D eigenvalue weighted by molar-refractivity contribution is 6.34. The van der Waals surface area contributed by atoms with Gasteiger partial charge in [0.2, 0.25) is 0 Å². The fraction of sp³-hybridized carbons (Fsp3) is 0.565. The van der Waals surface area contributed by atoms with E-state index >= 15 is 0 Å². The minimum atomic E-state index is -0.277. The Kier molecular flexibility index (Phi) is 8.30. The molecule has 0 saturated carbocycles. The van der Waals surface area contributed by atoms with Crippen molar-refractivity contribution in [1.82, 2.24) is 24.7 Å². The van der Waals surface area contributed by atoms with Gasteiger partial charge in [0.15, 0.2) is 0 Å². The van der Waals surface area contributed by atoms with E-state index in [-0.39, 0.29) is 12.7 Å². The third-order valence-corrected chi connectivity index (χ3v) is 6.85. The summed E-state index contributed by atoms with van der Waals surface area (Å²) < 4.78 is 5.45. The molecule has 2 aliphatic rings. The Balaban J connectivity index is 1.09. The molecule has 9 heteroatoms. The molecule has 2 aliphatic heterocycles. The molecule has 3 heterocycles. The Morgan fingerprint density at radius 1 is 1.00 bits per heavy atom. The average molecular weight is 480 g/mol. The quantitative estimate of drug-likeness (QED) is 0.643. The molecule has 2 fully saturated rings. The lowest BCUT2D eigenvalue weighted by Crippen LogP contribution is -2.49. The fourth-order valence-electron chi connectivity index (χ4n) is 4.56. The number of nitrogens with zero attached hydrogens (tertiary/aromatic N) is 4. The molecule has 0 unspecified atom stereocenters. The second kappa shape index (κ2) is 11.4. The zero-order valence-corrected chi connectivity index (χ0v) is 19.8. The third-order valence-electron chi connectivity index (χ3n) is 6.41. The van der Waals surface area contributed by atoms with Gasteiger partial charge in [0.1, 0.15) is 6.61 Å². The van der Waals surface area contributed by atoms with E-state index < -0.39 is 0 Å². The van der Waals surface area contributed by atoms with E-state index in [0.29, 0.717) is 29.1 Å². The molecular weight excluding hydrogens is 449 g/mol. The Bertz CT molecular complexity index is 843. The van der Waals surface area contributed by atoms with Gasteiger partial charge in [-0.3, -0.25) is 4.90 Å². The van der Waals surface area contributed by atoms with Gasteiger partial charge in [0, 0.05) is 54.0 Å². The van der Waals surface area contributed by atoms with Gasteiger partial charge in [-0.25, -0.2) is 9.78 Å². The summed E-state index contributed by atoms with van der Waals surface area (Å²) in [5.41, 5.74) is 2.07. The van der Waals surface area contributed by atoms with Crippen LogP contribution in [0.1, 0.15) is 36.4 Å². The number of amides is 1. The number of carbonyl (C=O) groups excluding carboxylic acids is 1. The number of ether oxygens (including phenoxy) is 1. The number of hydrogen-bond acceptors (Lipinski definition) is 5. The minimum Gasteiger partial charge on any atom is -0.445 e. The van der Waals surface area contributed by atoms with Gasteiger partial charge in [-0.05, 0) is 69.2 Å². The summed E-state index contributed by atoms with van der Waals surface area (Å²) in [6.45, 7) is 7.87. The first kappa shape index (κ1) is 23.4. The van der Waals surface area contributed by atoms with Gasteiger partial charge in [0.05, 0.1) is 6.33 Å². The molecule has 0 spiro atoms. The monoisotopic (exact) mass is 479 g/mol. The number of imidazole rings is 1. The van der Waals surface area contributed by atoms with E-state index in [9.17, 15) is 4.79 Å². The van der Waals surface area contributed by atoms with Crippen molar-refractivity contribution in [2.75, 3.05) is 52.4 Å². The normalized spacial score (nSPS) is 18.8. The fourth-order valence-corrected chi connectivity index (χ4v) is 5.13. The molecule has 32 heavy (non-hydrogen) atoms. The molecule has 4 rings (SSSR count). The number of rotatable bonds is 7. The highest BCUT2D eigenvalue weighted by atomic mass is 35.5. The van der Waals surface area contributed by atoms with Crippen LogP contribution < -0.4 is 0 Å². The van der Waals surface area contributed by atoms with Crippen LogP contribution in [0, 0.1) is 0 Å². The van der Waals surface area contributed by atoms with Crippen LogP contribution in [0.3, 0.4) is 0 Å². The first-order valence-electron chi connectivity index (χ1n) is 11.4. The van der Waals surface area contributed by atoms with Crippen molar-refractivity contribution in [3.8, 4) is 0 Å². The van der Waals surface area contributed by atoms with E-state index in [2.05, 4.69) is 19.8 Å². The van der Waals surface area contributed by atoms with Crippen LogP contribution in [0.5, 0.6) is 0 Å². The highest BCUT2D eigenvalue weighted by Crippen LogP contribution is 2.26. The number of aromatic amines is 1. The number of halogens is 2. The van der Waals surface area contributed by atoms with Crippen molar-refractivity contribution < 1.29 is 9.53 Å². The van der Waals surface area contributed by atoms with Gasteiger partial charge in [0.25, 0.3) is 0 Å². The second-order valence-electron chi connectivity index (χ2n) is 8.64. The van der Waals surface area contributed by atoms with Crippen molar-refractivity contribution >= 4 is 29.3 Å². The predicted molar refractivity (Wildman–Crippen MR) is 126 cm³/mol. The molecule has 174 valence electrons. The van der Waals surface area contributed by atoms with Crippen molar-refractivity contribution in [3.63, 3.8) is 0 Å².